The second-order valence-electron chi connectivity index (χ2n) is 5.88. The molecule has 2 nitrogen and oxygen atoms in total. The number of hydrogen-bond acceptors (Lipinski definition) is 2. The van der Waals surface area contributed by atoms with E-state index in [9.17, 15) is 0 Å². The van der Waals surface area contributed by atoms with Crippen molar-refractivity contribution in [2.24, 2.45) is 0 Å². The fraction of sp³-hybridized carbons (Fsp3) is 0.647. The van der Waals surface area contributed by atoms with E-state index in [2.05, 4.69) is 50.5 Å². The van der Waals surface area contributed by atoms with E-state index in [0.717, 1.165) is 5.75 Å². The van der Waals surface area contributed by atoms with E-state index in [1.165, 1.54) is 37.7 Å². The number of ether oxygens (including phenoxy) is 1. The summed E-state index contributed by atoms with van der Waals surface area (Å²) in [5.41, 5.74) is 1.46. The first-order chi connectivity index (χ1) is 9.20. The summed E-state index contributed by atoms with van der Waals surface area (Å²) in [4.78, 5) is 0. The monoisotopic (exact) mass is 261 g/mol. The van der Waals surface area contributed by atoms with Crippen LogP contribution in [0.15, 0.2) is 24.3 Å². The van der Waals surface area contributed by atoms with E-state index in [-0.39, 0.29) is 6.10 Å². The SMILES string of the molecule is CNC1CCCCCC1c1ccc(OC(C)C)cc1. The van der Waals surface area contributed by atoms with Gasteiger partial charge in [0.25, 0.3) is 0 Å². The zero-order valence-corrected chi connectivity index (χ0v) is 12.5. The highest BCUT2D eigenvalue weighted by Crippen LogP contribution is 2.32. The van der Waals surface area contributed by atoms with Crippen molar-refractivity contribution in [2.75, 3.05) is 7.05 Å². The van der Waals surface area contributed by atoms with E-state index in [0.29, 0.717) is 12.0 Å². The van der Waals surface area contributed by atoms with Crippen molar-refractivity contribution in [1.82, 2.24) is 5.32 Å². The van der Waals surface area contributed by atoms with Crippen LogP contribution in [0.2, 0.25) is 0 Å². The Kier molecular flexibility index (Phi) is 5.26. The van der Waals surface area contributed by atoms with Crippen LogP contribution < -0.4 is 10.1 Å². The Morgan fingerprint density at radius 3 is 2.37 bits per heavy atom. The van der Waals surface area contributed by atoms with Crippen LogP contribution in [0, 0.1) is 0 Å². The molecular formula is C17H27NO. The van der Waals surface area contributed by atoms with E-state index in [4.69, 9.17) is 4.74 Å². The van der Waals surface area contributed by atoms with Gasteiger partial charge < -0.3 is 10.1 Å². The first-order valence-electron chi connectivity index (χ1n) is 7.64. The fourth-order valence-electron chi connectivity index (χ4n) is 3.12. The van der Waals surface area contributed by atoms with Crippen LogP contribution in [0.1, 0.15) is 57.4 Å². The lowest BCUT2D eigenvalue weighted by atomic mass is 9.87. The van der Waals surface area contributed by atoms with Crippen LogP contribution in [-0.2, 0) is 0 Å². The van der Waals surface area contributed by atoms with Crippen LogP contribution in [0.4, 0.5) is 0 Å². The molecule has 2 rings (SSSR count). The molecule has 0 aliphatic heterocycles. The van der Waals surface area contributed by atoms with Gasteiger partial charge in [0.2, 0.25) is 0 Å². The summed E-state index contributed by atoms with van der Waals surface area (Å²) in [5.74, 6) is 1.63. The largest absolute Gasteiger partial charge is 0.491 e. The minimum atomic E-state index is 0.244. The Labute approximate surface area is 117 Å². The van der Waals surface area contributed by atoms with Crippen molar-refractivity contribution in [1.29, 1.82) is 0 Å². The Morgan fingerprint density at radius 1 is 1.05 bits per heavy atom. The van der Waals surface area contributed by atoms with Gasteiger partial charge in [-0.1, -0.05) is 31.4 Å². The minimum Gasteiger partial charge on any atom is -0.491 e. The lowest BCUT2D eigenvalue weighted by Crippen LogP contribution is -2.31. The summed E-state index contributed by atoms with van der Waals surface area (Å²) in [6, 6.07) is 9.36. The van der Waals surface area contributed by atoms with Crippen molar-refractivity contribution in [3.63, 3.8) is 0 Å². The molecule has 2 atom stereocenters. The molecule has 1 fully saturated rings. The predicted molar refractivity (Wildman–Crippen MR) is 80.9 cm³/mol. The van der Waals surface area contributed by atoms with Gasteiger partial charge >= 0.3 is 0 Å². The quantitative estimate of drug-likeness (QED) is 0.824. The Balaban J connectivity index is 2.10. The number of benzene rings is 1. The molecule has 0 amide bonds. The second-order valence-corrected chi connectivity index (χ2v) is 5.88. The second kappa shape index (κ2) is 6.95. The number of likely N-dealkylation sites (N-methyl/N-ethyl adjacent to an activating group) is 1. The number of hydrogen-bond donors (Lipinski definition) is 1. The molecule has 1 aromatic rings. The Morgan fingerprint density at radius 2 is 1.74 bits per heavy atom. The van der Waals surface area contributed by atoms with Crippen molar-refractivity contribution < 1.29 is 4.74 Å². The maximum Gasteiger partial charge on any atom is 0.119 e. The molecule has 2 heteroatoms. The zero-order chi connectivity index (χ0) is 13.7. The molecule has 1 aromatic carbocycles. The summed E-state index contributed by atoms with van der Waals surface area (Å²) in [5, 5.41) is 3.51. The van der Waals surface area contributed by atoms with Crippen LogP contribution in [0.5, 0.6) is 5.75 Å². The van der Waals surface area contributed by atoms with Crippen LogP contribution in [0.25, 0.3) is 0 Å². The average molecular weight is 261 g/mol. The summed E-state index contributed by atoms with van der Waals surface area (Å²) < 4.78 is 5.72. The standard InChI is InChI=1S/C17H27NO/c1-13(2)19-15-11-9-14(10-12-15)16-7-5-4-6-8-17(16)18-3/h9-13,16-18H,4-8H2,1-3H3. The zero-order valence-electron chi connectivity index (χ0n) is 12.5. The first-order valence-corrected chi connectivity index (χ1v) is 7.64. The third-order valence-electron chi connectivity index (χ3n) is 4.07. The molecular weight excluding hydrogens is 234 g/mol. The minimum absolute atomic E-state index is 0.244. The molecule has 2 unspecified atom stereocenters. The van der Waals surface area contributed by atoms with E-state index in [1.807, 2.05) is 0 Å². The van der Waals surface area contributed by atoms with Gasteiger partial charge in [-0.25, -0.2) is 0 Å². The Bertz CT molecular complexity index is 371. The summed E-state index contributed by atoms with van der Waals surface area (Å²) >= 11 is 0. The molecule has 0 aromatic heterocycles. The molecule has 0 heterocycles. The molecule has 0 saturated heterocycles. The molecule has 0 radical (unpaired) electrons. The van der Waals surface area contributed by atoms with Crippen LogP contribution >= 0.6 is 0 Å². The van der Waals surface area contributed by atoms with Crippen molar-refractivity contribution in [2.45, 2.75) is 64.0 Å². The van der Waals surface area contributed by atoms with Gasteiger partial charge in [0.1, 0.15) is 5.75 Å². The third-order valence-corrected chi connectivity index (χ3v) is 4.07. The van der Waals surface area contributed by atoms with Gasteiger partial charge in [-0.05, 0) is 57.4 Å². The molecule has 1 aliphatic rings. The van der Waals surface area contributed by atoms with Crippen LogP contribution in [-0.4, -0.2) is 19.2 Å². The maximum atomic E-state index is 5.72. The lowest BCUT2D eigenvalue weighted by molar-refractivity contribution is 0.242. The highest BCUT2D eigenvalue weighted by atomic mass is 16.5. The van der Waals surface area contributed by atoms with Crippen molar-refractivity contribution in [3.8, 4) is 5.75 Å². The molecule has 0 bridgehead atoms. The Hall–Kier alpha value is -1.02. The number of rotatable bonds is 4. The normalized spacial score (nSPS) is 24.2. The van der Waals surface area contributed by atoms with Crippen molar-refractivity contribution in [3.05, 3.63) is 29.8 Å². The van der Waals surface area contributed by atoms with Gasteiger partial charge in [-0.3, -0.25) is 0 Å². The maximum absolute atomic E-state index is 5.72. The molecule has 19 heavy (non-hydrogen) atoms. The summed E-state index contributed by atoms with van der Waals surface area (Å²) in [6.45, 7) is 4.13. The smallest absolute Gasteiger partial charge is 0.119 e. The van der Waals surface area contributed by atoms with Gasteiger partial charge in [0, 0.05) is 6.04 Å². The molecule has 1 saturated carbocycles. The summed E-state index contributed by atoms with van der Waals surface area (Å²) in [7, 11) is 2.10. The average Bonchev–Trinajstić information content (AvgIpc) is 2.64. The van der Waals surface area contributed by atoms with Crippen LogP contribution in [0.3, 0.4) is 0 Å². The topological polar surface area (TPSA) is 21.3 Å². The molecule has 1 N–H and O–H groups in total. The van der Waals surface area contributed by atoms with Gasteiger partial charge in [-0.15, -0.1) is 0 Å². The molecule has 106 valence electrons. The molecule has 1 aliphatic carbocycles. The van der Waals surface area contributed by atoms with Gasteiger partial charge in [0.05, 0.1) is 6.10 Å². The fourth-order valence-corrected chi connectivity index (χ4v) is 3.12. The van der Waals surface area contributed by atoms with Gasteiger partial charge in [-0.2, -0.15) is 0 Å². The van der Waals surface area contributed by atoms with Gasteiger partial charge in [0.15, 0.2) is 0 Å². The van der Waals surface area contributed by atoms with E-state index >= 15 is 0 Å². The molecule has 0 spiro atoms. The predicted octanol–water partition coefficient (Wildman–Crippen LogP) is 4.11. The highest BCUT2D eigenvalue weighted by molar-refractivity contribution is 5.30. The highest BCUT2D eigenvalue weighted by Gasteiger charge is 2.23. The van der Waals surface area contributed by atoms with Crippen molar-refractivity contribution >= 4 is 0 Å². The number of nitrogens with one attached hydrogen (secondary N) is 1. The summed E-state index contributed by atoms with van der Waals surface area (Å²) in [6.07, 6.45) is 6.93. The third kappa shape index (κ3) is 3.97. The lowest BCUT2D eigenvalue weighted by Gasteiger charge is -2.25. The van der Waals surface area contributed by atoms with E-state index < -0.39 is 0 Å². The first kappa shape index (κ1) is 14.4. The van der Waals surface area contributed by atoms with E-state index in [1.54, 1.807) is 0 Å².